The largest absolute Gasteiger partial charge is 0.471 e. The maximum atomic E-state index is 7.34. The van der Waals surface area contributed by atoms with Crippen molar-refractivity contribution in [2.45, 2.75) is 5.60 Å². The Morgan fingerprint density at radius 3 is 1.89 bits per heavy atom. The van der Waals surface area contributed by atoms with Gasteiger partial charge in [0.1, 0.15) is 17.3 Å². The first-order valence-corrected chi connectivity index (χ1v) is 12.8. The van der Waals surface area contributed by atoms with Crippen LogP contribution in [0.15, 0.2) is 121 Å². The highest BCUT2D eigenvalue weighted by Gasteiger charge is 2.51. The smallest absolute Gasteiger partial charge is 0.192 e. The third kappa shape index (κ3) is 3.41. The first-order chi connectivity index (χ1) is 18.1. The fourth-order valence-corrected chi connectivity index (χ4v) is 5.71. The van der Waals surface area contributed by atoms with Crippen molar-refractivity contribution in [1.29, 1.82) is 0 Å². The molecule has 2 aliphatic rings. The minimum atomic E-state index is -0.910. The SMILES string of the molecule is Clc1ccc(C2=C(c3ccc(Cl)cc3)c3cccc4c3C(c3ccccc3)(O2)c2ccccc2O4)cc1. The molecule has 0 bridgehead atoms. The number of rotatable bonds is 3. The molecular weight excluding hydrogens is 499 g/mol. The van der Waals surface area contributed by atoms with E-state index in [4.69, 9.17) is 32.7 Å². The minimum absolute atomic E-state index is 0.671. The van der Waals surface area contributed by atoms with Crippen LogP contribution in [0.5, 0.6) is 11.5 Å². The van der Waals surface area contributed by atoms with Crippen LogP contribution in [-0.2, 0) is 10.3 Å². The van der Waals surface area contributed by atoms with Gasteiger partial charge < -0.3 is 9.47 Å². The molecule has 0 aliphatic carbocycles. The van der Waals surface area contributed by atoms with Crippen LogP contribution >= 0.6 is 23.2 Å². The molecule has 2 aliphatic heterocycles. The minimum Gasteiger partial charge on any atom is -0.471 e. The van der Waals surface area contributed by atoms with Gasteiger partial charge >= 0.3 is 0 Å². The molecule has 1 unspecified atom stereocenters. The van der Waals surface area contributed by atoms with Crippen LogP contribution in [0.25, 0.3) is 11.3 Å². The second-order valence-corrected chi connectivity index (χ2v) is 10.0. The summed E-state index contributed by atoms with van der Waals surface area (Å²) in [5.41, 5.74) is 6.03. The molecule has 0 spiro atoms. The van der Waals surface area contributed by atoms with Crippen molar-refractivity contribution in [2.24, 2.45) is 0 Å². The molecule has 0 N–H and O–H groups in total. The van der Waals surface area contributed by atoms with Gasteiger partial charge in [-0.3, -0.25) is 0 Å². The summed E-state index contributed by atoms with van der Waals surface area (Å²) in [6.45, 7) is 0. The predicted molar refractivity (Wildman–Crippen MR) is 149 cm³/mol. The quantitative estimate of drug-likeness (QED) is 0.237. The van der Waals surface area contributed by atoms with E-state index < -0.39 is 5.60 Å². The number of hydrogen-bond acceptors (Lipinski definition) is 2. The number of halogens is 2. The highest BCUT2D eigenvalue weighted by atomic mass is 35.5. The van der Waals surface area contributed by atoms with Gasteiger partial charge in [0.2, 0.25) is 0 Å². The Bertz CT molecular complexity index is 1670. The molecule has 4 heteroatoms. The lowest BCUT2D eigenvalue weighted by atomic mass is 9.72. The van der Waals surface area contributed by atoms with Gasteiger partial charge in [-0.25, -0.2) is 0 Å². The maximum absolute atomic E-state index is 7.34. The van der Waals surface area contributed by atoms with E-state index >= 15 is 0 Å². The molecule has 0 radical (unpaired) electrons. The molecular formula is C33H20Cl2O2. The molecule has 7 rings (SSSR count). The Morgan fingerprint density at radius 1 is 0.541 bits per heavy atom. The second-order valence-electron chi connectivity index (χ2n) is 9.14. The Labute approximate surface area is 225 Å². The number of hydrogen-bond donors (Lipinski definition) is 0. The highest BCUT2D eigenvalue weighted by Crippen LogP contribution is 2.59. The molecule has 0 amide bonds. The molecule has 0 fully saturated rings. The van der Waals surface area contributed by atoms with E-state index in [2.05, 4.69) is 24.3 Å². The Balaban J connectivity index is 1.63. The standard InChI is InChI=1S/C33H20Cl2O2/c34-24-17-13-21(14-18-24)30-26-9-6-12-29-31(26)33(23-7-2-1-3-8-23,27-10-4-5-11-28(27)36-29)37-32(30)22-15-19-25(35)20-16-22/h1-20H. The van der Waals surface area contributed by atoms with Crippen molar-refractivity contribution < 1.29 is 9.47 Å². The van der Waals surface area contributed by atoms with Gasteiger partial charge in [0, 0.05) is 32.3 Å². The van der Waals surface area contributed by atoms with E-state index in [1.807, 2.05) is 97.1 Å². The van der Waals surface area contributed by atoms with Crippen LogP contribution in [0.3, 0.4) is 0 Å². The van der Waals surface area contributed by atoms with E-state index in [9.17, 15) is 0 Å². The predicted octanol–water partition coefficient (Wildman–Crippen LogP) is 9.34. The van der Waals surface area contributed by atoms with E-state index in [-0.39, 0.29) is 0 Å². The molecule has 0 aromatic heterocycles. The normalized spacial score (nSPS) is 17.4. The van der Waals surface area contributed by atoms with Gasteiger partial charge in [-0.2, -0.15) is 0 Å². The summed E-state index contributed by atoms with van der Waals surface area (Å²) < 4.78 is 13.8. The molecule has 0 saturated heterocycles. The van der Waals surface area contributed by atoms with Crippen LogP contribution in [-0.4, -0.2) is 0 Å². The van der Waals surface area contributed by atoms with E-state index in [0.29, 0.717) is 10.0 Å². The van der Waals surface area contributed by atoms with E-state index in [1.165, 1.54) is 0 Å². The first kappa shape index (κ1) is 22.2. The summed E-state index contributed by atoms with van der Waals surface area (Å²) >= 11 is 12.6. The number of benzene rings is 5. The average molecular weight is 519 g/mol. The summed E-state index contributed by atoms with van der Waals surface area (Å²) in [5, 5.41) is 1.35. The lowest BCUT2D eigenvalue weighted by Crippen LogP contribution is -2.38. The van der Waals surface area contributed by atoms with Crippen LogP contribution in [0.4, 0.5) is 0 Å². The zero-order valence-corrected chi connectivity index (χ0v) is 21.1. The van der Waals surface area contributed by atoms with Crippen molar-refractivity contribution in [2.75, 3.05) is 0 Å². The average Bonchev–Trinajstić information content (AvgIpc) is 2.94. The Morgan fingerprint density at radius 2 is 1.16 bits per heavy atom. The maximum Gasteiger partial charge on any atom is 0.192 e. The lowest BCUT2D eigenvalue weighted by molar-refractivity contribution is 0.104. The second kappa shape index (κ2) is 8.55. The number of para-hydroxylation sites is 1. The molecule has 1 atom stereocenters. The first-order valence-electron chi connectivity index (χ1n) is 12.1. The van der Waals surface area contributed by atoms with Crippen molar-refractivity contribution in [1.82, 2.24) is 0 Å². The summed E-state index contributed by atoms with van der Waals surface area (Å²) in [5.74, 6) is 2.33. The highest BCUT2D eigenvalue weighted by molar-refractivity contribution is 6.31. The molecule has 37 heavy (non-hydrogen) atoms. The Kier molecular flexibility index (Phi) is 5.14. The van der Waals surface area contributed by atoms with Gasteiger partial charge in [-0.1, -0.05) is 96.0 Å². The third-order valence-corrected chi connectivity index (χ3v) is 7.54. The van der Waals surface area contributed by atoms with Crippen LogP contribution < -0.4 is 4.74 Å². The van der Waals surface area contributed by atoms with Gasteiger partial charge in [-0.15, -0.1) is 0 Å². The van der Waals surface area contributed by atoms with E-state index in [0.717, 1.165) is 56.2 Å². The summed E-state index contributed by atoms with van der Waals surface area (Å²) in [6, 6.07) is 40.4. The van der Waals surface area contributed by atoms with Crippen molar-refractivity contribution >= 4 is 34.5 Å². The van der Waals surface area contributed by atoms with Crippen LogP contribution in [0.2, 0.25) is 10.0 Å². The fourth-order valence-electron chi connectivity index (χ4n) is 5.46. The topological polar surface area (TPSA) is 18.5 Å². The van der Waals surface area contributed by atoms with Crippen molar-refractivity contribution in [3.05, 3.63) is 165 Å². The monoisotopic (exact) mass is 518 g/mol. The van der Waals surface area contributed by atoms with Crippen LogP contribution in [0, 0.1) is 0 Å². The molecule has 178 valence electrons. The Hall–Kier alpha value is -3.98. The molecule has 0 saturated carbocycles. The number of fused-ring (bicyclic) bond motifs is 2. The summed E-state index contributed by atoms with van der Waals surface area (Å²) in [7, 11) is 0. The third-order valence-electron chi connectivity index (χ3n) is 7.04. The molecule has 5 aromatic rings. The van der Waals surface area contributed by atoms with Gasteiger partial charge in [0.05, 0.1) is 5.56 Å². The lowest BCUT2D eigenvalue weighted by Gasteiger charge is -2.45. The van der Waals surface area contributed by atoms with Gasteiger partial charge in [0.15, 0.2) is 5.60 Å². The van der Waals surface area contributed by atoms with Crippen molar-refractivity contribution in [3.63, 3.8) is 0 Å². The molecule has 2 heterocycles. The number of ether oxygens (including phenoxy) is 2. The van der Waals surface area contributed by atoms with Crippen LogP contribution in [0.1, 0.15) is 33.4 Å². The summed E-state index contributed by atoms with van der Waals surface area (Å²) in [6.07, 6.45) is 0. The van der Waals surface area contributed by atoms with Crippen molar-refractivity contribution in [3.8, 4) is 11.5 Å². The zero-order chi connectivity index (χ0) is 25.0. The molecule has 2 nitrogen and oxygen atoms in total. The molecule has 5 aromatic carbocycles. The summed E-state index contributed by atoms with van der Waals surface area (Å²) in [4.78, 5) is 0. The fraction of sp³-hybridized carbons (Fsp3) is 0.0303. The zero-order valence-electron chi connectivity index (χ0n) is 19.6. The van der Waals surface area contributed by atoms with E-state index in [1.54, 1.807) is 0 Å². The van der Waals surface area contributed by atoms with Gasteiger partial charge in [0.25, 0.3) is 0 Å². The van der Waals surface area contributed by atoms with Gasteiger partial charge in [-0.05, 0) is 59.7 Å².